The lowest BCUT2D eigenvalue weighted by Gasteiger charge is -2.21. The van der Waals surface area contributed by atoms with E-state index in [1.165, 1.54) is 22.8 Å². The Morgan fingerprint density at radius 2 is 1.86 bits per heavy atom. The first-order valence-electron chi connectivity index (χ1n) is 7.40. The first kappa shape index (κ1) is 16.4. The second-order valence-corrected chi connectivity index (χ2v) is 5.79. The van der Waals surface area contributed by atoms with E-state index in [9.17, 15) is 4.39 Å². The molecule has 2 aromatic rings. The third kappa shape index (κ3) is 4.04. The third-order valence-electron chi connectivity index (χ3n) is 3.77. The zero-order valence-electron chi connectivity index (χ0n) is 13.1. The molecule has 0 saturated carbocycles. The molecule has 1 unspecified atom stereocenters. The van der Waals surface area contributed by atoms with Crippen molar-refractivity contribution in [2.75, 3.05) is 5.32 Å². The third-order valence-corrected chi connectivity index (χ3v) is 3.99. The van der Waals surface area contributed by atoms with Crippen LogP contribution in [0.4, 0.5) is 10.1 Å². The number of rotatable bonds is 4. The fourth-order valence-corrected chi connectivity index (χ4v) is 2.53. The van der Waals surface area contributed by atoms with Crippen LogP contribution in [0.15, 0.2) is 42.5 Å². The van der Waals surface area contributed by atoms with Crippen LogP contribution >= 0.6 is 12.2 Å². The highest BCUT2D eigenvalue weighted by atomic mass is 32.1. The van der Waals surface area contributed by atoms with E-state index < -0.39 is 0 Å². The molecule has 0 aliphatic heterocycles. The molecule has 0 aromatic heterocycles. The van der Waals surface area contributed by atoms with E-state index in [4.69, 9.17) is 12.2 Å². The summed E-state index contributed by atoms with van der Waals surface area (Å²) in [5, 5.41) is 6.60. The van der Waals surface area contributed by atoms with Crippen LogP contribution in [-0.4, -0.2) is 5.11 Å². The summed E-state index contributed by atoms with van der Waals surface area (Å²) in [6.45, 7) is 6.29. The van der Waals surface area contributed by atoms with Gasteiger partial charge in [-0.25, -0.2) is 4.39 Å². The van der Waals surface area contributed by atoms with E-state index >= 15 is 0 Å². The van der Waals surface area contributed by atoms with E-state index in [0.29, 0.717) is 10.8 Å². The molecule has 2 N–H and O–H groups in total. The van der Waals surface area contributed by atoms with Crippen molar-refractivity contribution in [2.24, 2.45) is 0 Å². The number of benzene rings is 2. The molecule has 22 heavy (non-hydrogen) atoms. The van der Waals surface area contributed by atoms with Crippen LogP contribution in [-0.2, 0) is 0 Å². The SMILES string of the molecule is CCC(NC(=S)Nc1ccccc1F)c1ccc(C)c(C)c1. The highest BCUT2D eigenvalue weighted by Crippen LogP contribution is 2.20. The second kappa shape index (κ2) is 7.36. The maximum absolute atomic E-state index is 13.6. The summed E-state index contributed by atoms with van der Waals surface area (Å²) in [6, 6.07) is 13.0. The van der Waals surface area contributed by atoms with Crippen LogP contribution in [0.1, 0.15) is 36.1 Å². The van der Waals surface area contributed by atoms with Crippen LogP contribution in [0.25, 0.3) is 0 Å². The Morgan fingerprint density at radius 1 is 1.14 bits per heavy atom. The summed E-state index contributed by atoms with van der Waals surface area (Å²) >= 11 is 5.31. The van der Waals surface area contributed by atoms with E-state index in [-0.39, 0.29) is 11.9 Å². The Bertz CT molecular complexity index is 670. The molecule has 0 bridgehead atoms. The Labute approximate surface area is 136 Å². The normalized spacial score (nSPS) is 11.8. The summed E-state index contributed by atoms with van der Waals surface area (Å²) in [7, 11) is 0. The number of nitrogens with one attached hydrogen (secondary N) is 2. The predicted molar refractivity (Wildman–Crippen MR) is 94.7 cm³/mol. The van der Waals surface area contributed by atoms with Crippen molar-refractivity contribution >= 4 is 23.0 Å². The zero-order valence-corrected chi connectivity index (χ0v) is 13.9. The Balaban J connectivity index is 2.08. The Morgan fingerprint density at radius 3 is 2.50 bits per heavy atom. The van der Waals surface area contributed by atoms with Crippen LogP contribution in [0.5, 0.6) is 0 Å². The van der Waals surface area contributed by atoms with Crippen molar-refractivity contribution in [3.05, 3.63) is 65.0 Å². The number of hydrogen-bond donors (Lipinski definition) is 2. The highest BCUT2D eigenvalue weighted by molar-refractivity contribution is 7.80. The lowest BCUT2D eigenvalue weighted by molar-refractivity contribution is 0.623. The van der Waals surface area contributed by atoms with E-state index in [1.54, 1.807) is 18.2 Å². The standard InChI is InChI=1S/C18H21FN2S/c1-4-16(14-10-9-12(2)13(3)11-14)20-18(22)21-17-8-6-5-7-15(17)19/h5-11,16H,4H2,1-3H3,(H2,20,21,22). The van der Waals surface area contributed by atoms with E-state index in [1.807, 2.05) is 0 Å². The fraction of sp³-hybridized carbons (Fsp3) is 0.278. The van der Waals surface area contributed by atoms with Gasteiger partial charge in [-0.2, -0.15) is 0 Å². The minimum Gasteiger partial charge on any atom is -0.356 e. The van der Waals surface area contributed by atoms with Crippen LogP contribution in [0, 0.1) is 19.7 Å². The molecule has 0 saturated heterocycles. The molecule has 0 fully saturated rings. The first-order valence-corrected chi connectivity index (χ1v) is 7.81. The lowest BCUT2D eigenvalue weighted by atomic mass is 9.99. The van der Waals surface area contributed by atoms with Gasteiger partial charge in [-0.05, 0) is 61.3 Å². The molecule has 0 aliphatic carbocycles. The van der Waals surface area contributed by atoms with Gasteiger partial charge in [0.15, 0.2) is 5.11 Å². The largest absolute Gasteiger partial charge is 0.356 e. The van der Waals surface area contributed by atoms with Crippen LogP contribution in [0.2, 0.25) is 0 Å². The number of halogens is 1. The van der Waals surface area contributed by atoms with Crippen molar-refractivity contribution in [3.8, 4) is 0 Å². The molecule has 0 amide bonds. The van der Waals surface area contributed by atoms with Gasteiger partial charge in [0.2, 0.25) is 0 Å². The van der Waals surface area contributed by atoms with Crippen molar-refractivity contribution < 1.29 is 4.39 Å². The summed E-state index contributed by atoms with van der Waals surface area (Å²) in [5.41, 5.74) is 4.09. The molecule has 2 rings (SSSR count). The lowest BCUT2D eigenvalue weighted by Crippen LogP contribution is -2.32. The summed E-state index contributed by atoms with van der Waals surface area (Å²) in [4.78, 5) is 0. The molecule has 0 aliphatic rings. The Hall–Kier alpha value is -1.94. The van der Waals surface area contributed by atoms with Gasteiger partial charge >= 0.3 is 0 Å². The van der Waals surface area contributed by atoms with Crippen molar-refractivity contribution in [3.63, 3.8) is 0 Å². The number of aryl methyl sites for hydroxylation is 2. The van der Waals surface area contributed by atoms with Gasteiger partial charge < -0.3 is 10.6 Å². The second-order valence-electron chi connectivity index (χ2n) is 5.38. The van der Waals surface area contributed by atoms with Gasteiger partial charge in [-0.1, -0.05) is 37.3 Å². The smallest absolute Gasteiger partial charge is 0.171 e. The molecular formula is C18H21FN2S. The van der Waals surface area contributed by atoms with Crippen LogP contribution < -0.4 is 10.6 Å². The molecule has 4 heteroatoms. The number of thiocarbonyl (C=S) groups is 1. The molecule has 0 heterocycles. The molecule has 2 nitrogen and oxygen atoms in total. The Kier molecular flexibility index (Phi) is 5.50. The highest BCUT2D eigenvalue weighted by Gasteiger charge is 2.12. The summed E-state index contributed by atoms with van der Waals surface area (Å²) < 4.78 is 13.6. The van der Waals surface area contributed by atoms with E-state index in [0.717, 1.165) is 6.42 Å². The fourth-order valence-electron chi connectivity index (χ4n) is 2.28. The van der Waals surface area contributed by atoms with E-state index in [2.05, 4.69) is 49.6 Å². The zero-order chi connectivity index (χ0) is 16.1. The average Bonchev–Trinajstić information content (AvgIpc) is 2.50. The van der Waals surface area contributed by atoms with Gasteiger partial charge in [0, 0.05) is 0 Å². The number of anilines is 1. The first-order chi connectivity index (χ1) is 10.5. The summed E-state index contributed by atoms with van der Waals surface area (Å²) in [6.07, 6.45) is 0.890. The molecule has 1 atom stereocenters. The monoisotopic (exact) mass is 316 g/mol. The minimum atomic E-state index is -0.314. The van der Waals surface area contributed by atoms with Gasteiger partial charge in [0.05, 0.1) is 11.7 Å². The molecule has 0 radical (unpaired) electrons. The van der Waals surface area contributed by atoms with Gasteiger partial charge in [-0.3, -0.25) is 0 Å². The maximum atomic E-state index is 13.6. The molecular weight excluding hydrogens is 295 g/mol. The van der Waals surface area contributed by atoms with Gasteiger partial charge in [0.1, 0.15) is 5.82 Å². The molecule has 0 spiro atoms. The minimum absolute atomic E-state index is 0.103. The van der Waals surface area contributed by atoms with Crippen molar-refractivity contribution in [2.45, 2.75) is 33.2 Å². The number of para-hydroxylation sites is 1. The van der Waals surface area contributed by atoms with Crippen molar-refractivity contribution in [1.82, 2.24) is 5.32 Å². The van der Waals surface area contributed by atoms with Crippen LogP contribution in [0.3, 0.4) is 0 Å². The molecule has 116 valence electrons. The maximum Gasteiger partial charge on any atom is 0.171 e. The number of hydrogen-bond acceptors (Lipinski definition) is 1. The average molecular weight is 316 g/mol. The van der Waals surface area contributed by atoms with Gasteiger partial charge in [0.25, 0.3) is 0 Å². The van der Waals surface area contributed by atoms with Crippen molar-refractivity contribution in [1.29, 1.82) is 0 Å². The topological polar surface area (TPSA) is 24.1 Å². The summed E-state index contributed by atoms with van der Waals surface area (Å²) in [5.74, 6) is -0.314. The van der Waals surface area contributed by atoms with Gasteiger partial charge in [-0.15, -0.1) is 0 Å². The quantitative estimate of drug-likeness (QED) is 0.786. The predicted octanol–water partition coefficient (Wildman–Crippen LogP) is 4.88. The molecule has 2 aromatic carbocycles.